The van der Waals surface area contributed by atoms with Crippen LogP contribution in [-0.4, -0.2) is 22.7 Å². The third-order valence-corrected chi connectivity index (χ3v) is 3.85. The number of amides is 1. The van der Waals surface area contributed by atoms with Crippen molar-refractivity contribution in [2.75, 3.05) is 17.4 Å². The first-order valence-electron chi connectivity index (χ1n) is 8.07. The first-order valence-corrected chi connectivity index (χ1v) is 8.07. The minimum absolute atomic E-state index is 0.196. The minimum atomic E-state index is -0.249. The Kier molecular flexibility index (Phi) is 4.34. The first kappa shape index (κ1) is 15.9. The molecule has 3 heterocycles. The highest BCUT2D eigenvalue weighted by atomic mass is 16.7. The number of hydrogen-bond donors (Lipinski definition) is 2. The lowest BCUT2D eigenvalue weighted by Gasteiger charge is -2.09. The third-order valence-electron chi connectivity index (χ3n) is 3.85. The molecule has 0 unspecified atom stereocenters. The van der Waals surface area contributed by atoms with Crippen molar-refractivity contribution in [2.24, 2.45) is 0 Å². The maximum absolute atomic E-state index is 12.5. The van der Waals surface area contributed by atoms with Crippen LogP contribution in [-0.2, 0) is 6.54 Å². The van der Waals surface area contributed by atoms with E-state index in [1.165, 1.54) is 6.20 Å². The number of carbonyl (C=O) groups is 1. The maximum atomic E-state index is 12.5. The predicted molar refractivity (Wildman–Crippen MR) is 96.3 cm³/mol. The quantitative estimate of drug-likeness (QED) is 0.737. The number of aromatic nitrogens is 2. The van der Waals surface area contributed by atoms with Crippen LogP contribution in [0.2, 0.25) is 0 Å². The van der Waals surface area contributed by atoms with Gasteiger partial charge >= 0.3 is 0 Å². The standard InChI is InChI=1S/C19H16N4O3/c24-19(23-15-3-4-17-18(7-15)26-12-25-17)14-6-16(11-21-10-14)22-9-13-2-1-5-20-8-13/h1-8,10-11,22H,9,12H2,(H,23,24). The van der Waals surface area contributed by atoms with Gasteiger partial charge in [0.1, 0.15) is 0 Å². The van der Waals surface area contributed by atoms with E-state index in [1.54, 1.807) is 42.9 Å². The molecule has 0 spiro atoms. The summed E-state index contributed by atoms with van der Waals surface area (Å²) in [7, 11) is 0. The Morgan fingerprint density at radius 1 is 1.00 bits per heavy atom. The van der Waals surface area contributed by atoms with Gasteiger partial charge in [-0.05, 0) is 29.8 Å². The average Bonchev–Trinajstić information content (AvgIpc) is 3.15. The molecule has 0 fully saturated rings. The number of nitrogens with one attached hydrogen (secondary N) is 2. The number of anilines is 2. The molecule has 2 N–H and O–H groups in total. The van der Waals surface area contributed by atoms with Crippen molar-refractivity contribution in [3.05, 3.63) is 72.3 Å². The molecule has 0 saturated carbocycles. The Morgan fingerprint density at radius 2 is 1.92 bits per heavy atom. The van der Waals surface area contributed by atoms with Gasteiger partial charge in [0.25, 0.3) is 5.91 Å². The van der Waals surface area contributed by atoms with Crippen LogP contribution in [0.15, 0.2) is 61.2 Å². The van der Waals surface area contributed by atoms with Crippen LogP contribution in [0.3, 0.4) is 0 Å². The molecule has 4 rings (SSSR count). The van der Waals surface area contributed by atoms with E-state index in [2.05, 4.69) is 20.6 Å². The molecule has 0 atom stereocenters. The molecule has 0 bridgehead atoms. The predicted octanol–water partition coefficient (Wildman–Crippen LogP) is 3.07. The summed E-state index contributed by atoms with van der Waals surface area (Å²) >= 11 is 0. The van der Waals surface area contributed by atoms with Crippen LogP contribution >= 0.6 is 0 Å². The van der Waals surface area contributed by atoms with Crippen LogP contribution in [0.1, 0.15) is 15.9 Å². The van der Waals surface area contributed by atoms with Gasteiger partial charge in [-0.2, -0.15) is 0 Å². The number of hydrogen-bond acceptors (Lipinski definition) is 6. The van der Waals surface area contributed by atoms with E-state index in [0.29, 0.717) is 29.3 Å². The van der Waals surface area contributed by atoms with Crippen LogP contribution in [0, 0.1) is 0 Å². The minimum Gasteiger partial charge on any atom is -0.454 e. The van der Waals surface area contributed by atoms with E-state index in [1.807, 2.05) is 12.1 Å². The highest BCUT2D eigenvalue weighted by Crippen LogP contribution is 2.34. The Balaban J connectivity index is 1.43. The van der Waals surface area contributed by atoms with Crippen molar-refractivity contribution in [1.29, 1.82) is 0 Å². The van der Waals surface area contributed by atoms with Gasteiger partial charge in [0.2, 0.25) is 6.79 Å². The molecule has 130 valence electrons. The van der Waals surface area contributed by atoms with E-state index in [9.17, 15) is 4.79 Å². The number of ether oxygens (including phenoxy) is 2. The summed E-state index contributed by atoms with van der Waals surface area (Å²) in [5, 5.41) is 6.07. The van der Waals surface area contributed by atoms with Crippen molar-refractivity contribution in [1.82, 2.24) is 9.97 Å². The molecule has 1 aliphatic rings. The molecule has 0 radical (unpaired) electrons. The summed E-state index contributed by atoms with van der Waals surface area (Å²) in [6.45, 7) is 0.796. The van der Waals surface area contributed by atoms with Gasteiger partial charge in [-0.25, -0.2) is 0 Å². The van der Waals surface area contributed by atoms with Crippen LogP contribution in [0.4, 0.5) is 11.4 Å². The molecule has 7 nitrogen and oxygen atoms in total. The fourth-order valence-corrected chi connectivity index (χ4v) is 2.55. The molecule has 1 aliphatic heterocycles. The topological polar surface area (TPSA) is 85.4 Å². The molecule has 7 heteroatoms. The first-order chi connectivity index (χ1) is 12.8. The lowest BCUT2D eigenvalue weighted by molar-refractivity contribution is 0.102. The zero-order chi connectivity index (χ0) is 17.8. The van der Waals surface area contributed by atoms with E-state index < -0.39 is 0 Å². The van der Waals surface area contributed by atoms with Gasteiger partial charge in [0, 0.05) is 43.1 Å². The summed E-state index contributed by atoms with van der Waals surface area (Å²) in [5.74, 6) is 1.04. The zero-order valence-corrected chi connectivity index (χ0v) is 13.8. The summed E-state index contributed by atoms with van der Waals surface area (Å²) in [6, 6.07) is 10.9. The molecular weight excluding hydrogens is 332 g/mol. The third kappa shape index (κ3) is 3.56. The average molecular weight is 348 g/mol. The fraction of sp³-hybridized carbons (Fsp3) is 0.105. The smallest absolute Gasteiger partial charge is 0.257 e. The summed E-state index contributed by atoms with van der Waals surface area (Å²) in [6.07, 6.45) is 6.72. The lowest BCUT2D eigenvalue weighted by atomic mass is 10.2. The van der Waals surface area contributed by atoms with Crippen molar-refractivity contribution in [3.8, 4) is 11.5 Å². The van der Waals surface area contributed by atoms with Crippen molar-refractivity contribution in [3.63, 3.8) is 0 Å². The normalized spacial score (nSPS) is 11.8. The highest BCUT2D eigenvalue weighted by molar-refractivity contribution is 6.04. The second-order valence-corrected chi connectivity index (χ2v) is 5.70. The summed E-state index contributed by atoms with van der Waals surface area (Å²) < 4.78 is 10.6. The van der Waals surface area contributed by atoms with Gasteiger partial charge in [-0.3, -0.25) is 14.8 Å². The Bertz CT molecular complexity index is 931. The Labute approximate surface area is 150 Å². The van der Waals surface area contributed by atoms with E-state index in [-0.39, 0.29) is 12.7 Å². The fourth-order valence-electron chi connectivity index (χ4n) is 2.55. The van der Waals surface area contributed by atoms with Gasteiger partial charge in [0.15, 0.2) is 11.5 Å². The molecule has 3 aromatic rings. The van der Waals surface area contributed by atoms with E-state index >= 15 is 0 Å². The molecule has 0 saturated heterocycles. The second kappa shape index (κ2) is 7.10. The number of pyridine rings is 2. The number of rotatable bonds is 5. The van der Waals surface area contributed by atoms with Crippen molar-refractivity contribution >= 4 is 17.3 Å². The molecule has 0 aliphatic carbocycles. The number of carbonyl (C=O) groups excluding carboxylic acids is 1. The van der Waals surface area contributed by atoms with Crippen LogP contribution in [0.25, 0.3) is 0 Å². The molecule has 26 heavy (non-hydrogen) atoms. The van der Waals surface area contributed by atoms with E-state index in [4.69, 9.17) is 9.47 Å². The monoisotopic (exact) mass is 348 g/mol. The zero-order valence-electron chi connectivity index (χ0n) is 13.8. The highest BCUT2D eigenvalue weighted by Gasteiger charge is 2.15. The summed E-state index contributed by atoms with van der Waals surface area (Å²) in [5.41, 5.74) is 2.89. The lowest BCUT2D eigenvalue weighted by Crippen LogP contribution is -2.12. The number of fused-ring (bicyclic) bond motifs is 1. The van der Waals surface area contributed by atoms with Crippen LogP contribution in [0.5, 0.6) is 11.5 Å². The van der Waals surface area contributed by atoms with Gasteiger partial charge in [0.05, 0.1) is 11.3 Å². The molecule has 1 amide bonds. The van der Waals surface area contributed by atoms with Gasteiger partial charge in [-0.1, -0.05) is 6.07 Å². The van der Waals surface area contributed by atoms with Gasteiger partial charge in [-0.15, -0.1) is 0 Å². The Hall–Kier alpha value is -3.61. The van der Waals surface area contributed by atoms with Gasteiger partial charge < -0.3 is 20.1 Å². The number of benzene rings is 1. The molecular formula is C19H16N4O3. The molecule has 1 aromatic carbocycles. The molecule has 2 aromatic heterocycles. The number of nitrogens with zero attached hydrogens (tertiary/aromatic N) is 2. The second-order valence-electron chi connectivity index (χ2n) is 5.70. The SMILES string of the molecule is O=C(Nc1ccc2c(c1)OCO2)c1cncc(NCc2cccnc2)c1. The van der Waals surface area contributed by atoms with Crippen molar-refractivity contribution in [2.45, 2.75) is 6.54 Å². The Morgan fingerprint density at radius 3 is 2.81 bits per heavy atom. The summed E-state index contributed by atoms with van der Waals surface area (Å²) in [4.78, 5) is 20.7. The van der Waals surface area contributed by atoms with Crippen molar-refractivity contribution < 1.29 is 14.3 Å². The van der Waals surface area contributed by atoms with Crippen LogP contribution < -0.4 is 20.1 Å². The van der Waals surface area contributed by atoms with E-state index in [0.717, 1.165) is 11.3 Å². The maximum Gasteiger partial charge on any atom is 0.257 e. The largest absolute Gasteiger partial charge is 0.454 e.